The van der Waals surface area contributed by atoms with Gasteiger partial charge in [0.1, 0.15) is 11.6 Å². The van der Waals surface area contributed by atoms with Crippen molar-refractivity contribution in [1.82, 2.24) is 14.8 Å². The molecule has 6 heteroatoms. The Morgan fingerprint density at radius 3 is 2.73 bits per heavy atom. The molecule has 0 fully saturated rings. The van der Waals surface area contributed by atoms with Gasteiger partial charge in [0.25, 0.3) is 5.91 Å². The van der Waals surface area contributed by atoms with Gasteiger partial charge in [-0.1, -0.05) is 44.2 Å². The highest BCUT2D eigenvalue weighted by molar-refractivity contribution is 5.91. The third kappa shape index (κ3) is 4.33. The Labute approximate surface area is 175 Å². The van der Waals surface area contributed by atoms with E-state index in [0.29, 0.717) is 23.3 Å². The Morgan fingerprint density at radius 2 is 1.90 bits per heavy atom. The van der Waals surface area contributed by atoms with Crippen molar-refractivity contribution in [1.29, 1.82) is 0 Å². The fourth-order valence-corrected chi connectivity index (χ4v) is 3.23. The van der Waals surface area contributed by atoms with Crippen LogP contribution in [0.1, 0.15) is 31.0 Å². The first-order chi connectivity index (χ1) is 14.5. The molecule has 0 spiro atoms. The summed E-state index contributed by atoms with van der Waals surface area (Å²) in [4.78, 5) is 17.2. The van der Waals surface area contributed by atoms with E-state index in [1.165, 1.54) is 5.56 Å². The molecule has 0 aliphatic heterocycles. The van der Waals surface area contributed by atoms with Gasteiger partial charge in [-0.15, -0.1) is 0 Å². The van der Waals surface area contributed by atoms with Crippen LogP contribution < -0.4 is 10.1 Å². The van der Waals surface area contributed by atoms with Gasteiger partial charge in [0.2, 0.25) is 0 Å². The van der Waals surface area contributed by atoms with Crippen LogP contribution in [0.4, 0.5) is 5.82 Å². The number of nitrogens with zero attached hydrogens (tertiary/aromatic N) is 3. The Kier molecular flexibility index (Phi) is 5.48. The Morgan fingerprint density at radius 1 is 1.07 bits per heavy atom. The van der Waals surface area contributed by atoms with Gasteiger partial charge >= 0.3 is 0 Å². The van der Waals surface area contributed by atoms with Gasteiger partial charge in [-0.05, 0) is 48.7 Å². The summed E-state index contributed by atoms with van der Waals surface area (Å²) >= 11 is 0. The second kappa shape index (κ2) is 8.37. The minimum Gasteiger partial charge on any atom is -0.484 e. The van der Waals surface area contributed by atoms with E-state index in [2.05, 4.69) is 35.3 Å². The van der Waals surface area contributed by atoms with E-state index in [9.17, 15) is 4.79 Å². The van der Waals surface area contributed by atoms with Crippen molar-refractivity contribution in [2.24, 2.45) is 0 Å². The molecule has 30 heavy (non-hydrogen) atoms. The number of ether oxygens (including phenoxy) is 1. The zero-order chi connectivity index (χ0) is 21.1. The predicted molar refractivity (Wildman–Crippen MR) is 118 cm³/mol. The highest BCUT2D eigenvalue weighted by atomic mass is 16.5. The fraction of sp³-hybridized carbons (Fsp3) is 0.208. The number of aromatic nitrogens is 3. The average molecular weight is 400 g/mol. The van der Waals surface area contributed by atoms with Crippen LogP contribution in [0, 0.1) is 6.92 Å². The molecule has 0 aliphatic rings. The van der Waals surface area contributed by atoms with Crippen LogP contribution in [0.25, 0.3) is 16.7 Å². The Bertz CT molecular complexity index is 1200. The lowest BCUT2D eigenvalue weighted by Crippen LogP contribution is -2.22. The molecular weight excluding hydrogens is 376 g/mol. The van der Waals surface area contributed by atoms with E-state index in [1.807, 2.05) is 67.6 Å². The molecule has 1 N–H and O–H groups in total. The summed E-state index contributed by atoms with van der Waals surface area (Å²) in [6, 6.07) is 21.4. The number of aryl methyl sites for hydroxylation is 1. The molecule has 2 heterocycles. The summed E-state index contributed by atoms with van der Waals surface area (Å²) in [5.74, 6) is 2.01. The Hall–Kier alpha value is -3.67. The maximum atomic E-state index is 12.5. The number of rotatable bonds is 6. The normalized spacial score (nSPS) is 11.1. The number of para-hydroxylation sites is 1. The second-order valence-corrected chi connectivity index (χ2v) is 7.51. The third-order valence-electron chi connectivity index (χ3n) is 4.79. The van der Waals surface area contributed by atoms with Gasteiger partial charge in [0.15, 0.2) is 12.4 Å². The number of pyridine rings is 1. The highest BCUT2D eigenvalue weighted by Gasteiger charge is 2.13. The molecule has 1 amide bonds. The zero-order valence-electron chi connectivity index (χ0n) is 17.3. The average Bonchev–Trinajstić information content (AvgIpc) is 3.12. The van der Waals surface area contributed by atoms with Crippen molar-refractivity contribution >= 4 is 22.6 Å². The second-order valence-electron chi connectivity index (χ2n) is 7.51. The van der Waals surface area contributed by atoms with E-state index in [1.54, 1.807) is 4.68 Å². The predicted octanol–water partition coefficient (Wildman–Crippen LogP) is 4.87. The quantitative estimate of drug-likeness (QED) is 0.501. The summed E-state index contributed by atoms with van der Waals surface area (Å²) in [5.41, 5.74) is 2.82. The first kappa shape index (κ1) is 19.6. The lowest BCUT2D eigenvalue weighted by atomic mass is 10.0. The molecule has 0 unspecified atom stereocenters. The molecule has 0 saturated carbocycles. The van der Waals surface area contributed by atoms with Crippen LogP contribution >= 0.6 is 0 Å². The number of nitrogens with one attached hydrogen (secondary N) is 1. The van der Waals surface area contributed by atoms with Crippen molar-refractivity contribution in [2.75, 3.05) is 11.9 Å². The smallest absolute Gasteiger partial charge is 0.263 e. The van der Waals surface area contributed by atoms with Crippen LogP contribution in [-0.4, -0.2) is 27.3 Å². The van der Waals surface area contributed by atoms with Crippen molar-refractivity contribution in [3.63, 3.8) is 0 Å². The van der Waals surface area contributed by atoms with Gasteiger partial charge in [0, 0.05) is 11.5 Å². The highest BCUT2D eigenvalue weighted by Crippen LogP contribution is 2.21. The minimum absolute atomic E-state index is 0.0864. The summed E-state index contributed by atoms with van der Waals surface area (Å²) in [7, 11) is 0. The van der Waals surface area contributed by atoms with E-state index in [-0.39, 0.29) is 12.5 Å². The van der Waals surface area contributed by atoms with E-state index < -0.39 is 0 Å². The molecule has 6 nitrogen and oxygen atoms in total. The molecular formula is C24H24N4O2. The minimum atomic E-state index is -0.258. The summed E-state index contributed by atoms with van der Waals surface area (Å²) < 4.78 is 7.32. The number of carbonyl (C=O) groups excluding carboxylic acids is 1. The standard InChI is InChI=1S/C24H24N4O2/c1-16(2)19-8-6-9-20(14-19)30-15-24(29)26-23-13-17(3)27-28(23)22-12-11-18-7-4-5-10-21(18)25-22/h4-14,16H,15H2,1-3H3,(H,26,29). The van der Waals surface area contributed by atoms with Crippen molar-refractivity contribution in [2.45, 2.75) is 26.7 Å². The van der Waals surface area contributed by atoms with Crippen LogP contribution in [0.3, 0.4) is 0 Å². The first-order valence-electron chi connectivity index (χ1n) is 9.95. The van der Waals surface area contributed by atoms with Gasteiger partial charge < -0.3 is 10.1 Å². The van der Waals surface area contributed by atoms with Crippen LogP contribution in [-0.2, 0) is 4.79 Å². The van der Waals surface area contributed by atoms with Gasteiger partial charge in [-0.25, -0.2) is 4.98 Å². The monoisotopic (exact) mass is 400 g/mol. The van der Waals surface area contributed by atoms with Gasteiger partial charge in [-0.2, -0.15) is 9.78 Å². The maximum absolute atomic E-state index is 12.5. The number of hydrogen-bond donors (Lipinski definition) is 1. The maximum Gasteiger partial charge on any atom is 0.263 e. The summed E-state index contributed by atoms with van der Waals surface area (Å²) in [6.07, 6.45) is 0. The van der Waals surface area contributed by atoms with E-state index in [4.69, 9.17) is 4.74 Å². The van der Waals surface area contributed by atoms with Crippen molar-refractivity contribution in [3.05, 3.63) is 78.0 Å². The Balaban J connectivity index is 1.49. The molecule has 0 radical (unpaired) electrons. The topological polar surface area (TPSA) is 69.0 Å². The molecule has 0 saturated heterocycles. The van der Waals surface area contributed by atoms with Crippen LogP contribution in [0.5, 0.6) is 5.75 Å². The number of fused-ring (bicyclic) bond motifs is 1. The molecule has 2 aromatic carbocycles. The molecule has 4 rings (SSSR count). The van der Waals surface area contributed by atoms with Crippen molar-refractivity contribution < 1.29 is 9.53 Å². The number of anilines is 1. The van der Waals surface area contributed by atoms with E-state index in [0.717, 1.165) is 16.6 Å². The molecule has 4 aromatic rings. The van der Waals surface area contributed by atoms with Crippen molar-refractivity contribution in [3.8, 4) is 11.6 Å². The molecule has 2 aromatic heterocycles. The summed E-state index contributed by atoms with van der Waals surface area (Å²) in [6.45, 7) is 6.03. The van der Waals surface area contributed by atoms with Crippen LogP contribution in [0.2, 0.25) is 0 Å². The van der Waals surface area contributed by atoms with Gasteiger partial charge in [0.05, 0.1) is 11.2 Å². The number of amides is 1. The number of benzene rings is 2. The number of hydrogen-bond acceptors (Lipinski definition) is 4. The summed E-state index contributed by atoms with van der Waals surface area (Å²) in [5, 5.41) is 8.42. The molecule has 0 atom stereocenters. The number of carbonyl (C=O) groups is 1. The fourth-order valence-electron chi connectivity index (χ4n) is 3.23. The van der Waals surface area contributed by atoms with E-state index >= 15 is 0 Å². The van der Waals surface area contributed by atoms with Gasteiger partial charge in [-0.3, -0.25) is 4.79 Å². The zero-order valence-corrected chi connectivity index (χ0v) is 17.3. The van der Waals surface area contributed by atoms with Crippen LogP contribution in [0.15, 0.2) is 66.7 Å². The lowest BCUT2D eigenvalue weighted by Gasteiger charge is -2.11. The lowest BCUT2D eigenvalue weighted by molar-refractivity contribution is -0.118. The first-order valence-corrected chi connectivity index (χ1v) is 9.95. The SMILES string of the molecule is Cc1cc(NC(=O)COc2cccc(C(C)C)c2)n(-c2ccc3ccccc3n2)n1. The molecule has 0 bridgehead atoms. The molecule has 0 aliphatic carbocycles. The largest absolute Gasteiger partial charge is 0.484 e. The third-order valence-corrected chi connectivity index (χ3v) is 4.79. The molecule has 152 valence electrons.